The lowest BCUT2D eigenvalue weighted by molar-refractivity contribution is 0.0696. The molecule has 0 unspecified atom stereocenters. The predicted molar refractivity (Wildman–Crippen MR) is 50.0 cm³/mol. The first-order valence-corrected chi connectivity index (χ1v) is 4.11. The minimum atomic E-state index is -0.955. The van der Waals surface area contributed by atoms with E-state index in [4.69, 9.17) is 10.8 Å². The predicted octanol–water partition coefficient (Wildman–Crippen LogP) is 0.491. The zero-order chi connectivity index (χ0) is 10.1. The summed E-state index contributed by atoms with van der Waals surface area (Å²) in [5.41, 5.74) is 7.20. The first-order chi connectivity index (χ1) is 6.72. The third-order valence-electron chi connectivity index (χ3n) is 2.04. The molecule has 0 aromatic carbocycles. The Balaban J connectivity index is 2.67. The van der Waals surface area contributed by atoms with Gasteiger partial charge in [-0.1, -0.05) is 0 Å². The molecule has 2 rings (SSSR count). The van der Waals surface area contributed by atoms with Crippen LogP contribution in [0, 0.1) is 0 Å². The molecule has 0 spiro atoms. The van der Waals surface area contributed by atoms with Gasteiger partial charge in [0.1, 0.15) is 5.65 Å². The third-order valence-corrected chi connectivity index (χ3v) is 2.04. The summed E-state index contributed by atoms with van der Waals surface area (Å²) in [7, 11) is 0. The van der Waals surface area contributed by atoms with Crippen LogP contribution in [0.1, 0.15) is 16.1 Å². The van der Waals surface area contributed by atoms with E-state index in [1.54, 1.807) is 16.7 Å². The molecular formula is C9H9N3O2. The number of fused-ring (bicyclic) bond motifs is 1. The van der Waals surface area contributed by atoms with Crippen LogP contribution in [-0.2, 0) is 6.54 Å². The third kappa shape index (κ3) is 1.23. The number of pyridine rings is 1. The molecule has 2 aromatic rings. The van der Waals surface area contributed by atoms with Crippen molar-refractivity contribution in [1.29, 1.82) is 0 Å². The second kappa shape index (κ2) is 3.12. The van der Waals surface area contributed by atoms with Gasteiger partial charge < -0.3 is 15.2 Å². The quantitative estimate of drug-likeness (QED) is 0.723. The molecular weight excluding hydrogens is 182 g/mol. The Kier molecular flexibility index (Phi) is 1.94. The highest BCUT2D eigenvalue weighted by Crippen LogP contribution is 2.08. The van der Waals surface area contributed by atoms with E-state index in [0.29, 0.717) is 12.2 Å². The zero-order valence-electron chi connectivity index (χ0n) is 7.34. The number of nitrogens with zero attached hydrogens (tertiary/aromatic N) is 2. The summed E-state index contributed by atoms with van der Waals surface area (Å²) in [5.74, 6) is -0.955. The Bertz CT molecular complexity index is 490. The molecule has 14 heavy (non-hydrogen) atoms. The number of hydrogen-bond acceptors (Lipinski definition) is 3. The van der Waals surface area contributed by atoms with Gasteiger partial charge in [-0.25, -0.2) is 9.78 Å². The lowest BCUT2D eigenvalue weighted by Crippen LogP contribution is -2.03. The van der Waals surface area contributed by atoms with Gasteiger partial charge in [-0.3, -0.25) is 0 Å². The van der Waals surface area contributed by atoms with Gasteiger partial charge >= 0.3 is 5.97 Å². The Hall–Kier alpha value is -1.88. The van der Waals surface area contributed by atoms with Gasteiger partial charge in [0.15, 0.2) is 0 Å². The van der Waals surface area contributed by atoms with Crippen LogP contribution in [0.3, 0.4) is 0 Å². The number of carboxylic acid groups (broad SMARTS) is 1. The number of hydrogen-bond donors (Lipinski definition) is 2. The number of aromatic nitrogens is 2. The van der Waals surface area contributed by atoms with Gasteiger partial charge in [-0.15, -0.1) is 0 Å². The average Bonchev–Trinajstić information content (AvgIpc) is 2.59. The van der Waals surface area contributed by atoms with Crippen LogP contribution in [0.5, 0.6) is 0 Å². The van der Waals surface area contributed by atoms with E-state index in [2.05, 4.69) is 4.98 Å². The largest absolute Gasteiger partial charge is 0.478 e. The molecule has 2 aromatic heterocycles. The molecule has 0 saturated heterocycles. The van der Waals surface area contributed by atoms with Crippen LogP contribution in [0.15, 0.2) is 24.5 Å². The lowest BCUT2D eigenvalue weighted by Gasteiger charge is -1.99. The maximum Gasteiger partial charge on any atom is 0.337 e. The van der Waals surface area contributed by atoms with E-state index in [9.17, 15) is 4.79 Å². The zero-order valence-corrected chi connectivity index (χ0v) is 7.34. The highest BCUT2D eigenvalue weighted by atomic mass is 16.4. The van der Waals surface area contributed by atoms with Crippen molar-refractivity contribution >= 4 is 11.6 Å². The first kappa shape index (κ1) is 8.71. The Morgan fingerprint density at radius 2 is 2.36 bits per heavy atom. The molecule has 0 fully saturated rings. The maximum atomic E-state index is 10.7. The Morgan fingerprint density at radius 1 is 1.57 bits per heavy atom. The van der Waals surface area contributed by atoms with Crippen molar-refractivity contribution in [3.05, 3.63) is 35.8 Å². The van der Waals surface area contributed by atoms with Crippen LogP contribution in [0.2, 0.25) is 0 Å². The molecule has 3 N–H and O–H groups in total. The fraction of sp³-hybridized carbons (Fsp3) is 0.111. The summed E-state index contributed by atoms with van der Waals surface area (Å²) < 4.78 is 1.68. The van der Waals surface area contributed by atoms with Crippen LogP contribution in [0.4, 0.5) is 0 Å². The van der Waals surface area contributed by atoms with Crippen LogP contribution in [0.25, 0.3) is 5.65 Å². The van der Waals surface area contributed by atoms with E-state index in [-0.39, 0.29) is 5.56 Å². The van der Waals surface area contributed by atoms with Gasteiger partial charge in [-0.05, 0) is 12.1 Å². The normalized spacial score (nSPS) is 10.6. The second-order valence-electron chi connectivity index (χ2n) is 2.90. The number of rotatable bonds is 2. The minimum absolute atomic E-state index is 0.227. The molecule has 0 amide bonds. The summed E-state index contributed by atoms with van der Waals surface area (Å²) in [5, 5.41) is 8.78. The summed E-state index contributed by atoms with van der Waals surface area (Å²) in [6.07, 6.45) is 3.16. The highest BCUT2D eigenvalue weighted by molar-refractivity contribution is 5.87. The van der Waals surface area contributed by atoms with Gasteiger partial charge in [0.05, 0.1) is 17.5 Å². The number of carbonyl (C=O) groups is 1. The standard InChI is InChI=1S/C9H9N3O2/c10-3-7-4-11-8-2-1-6(9(13)14)5-12(7)8/h1-2,4-5H,3,10H2,(H,13,14). The van der Waals surface area contributed by atoms with Gasteiger partial charge in [0.25, 0.3) is 0 Å². The Labute approximate surface area is 79.8 Å². The van der Waals surface area contributed by atoms with Crippen molar-refractivity contribution in [2.24, 2.45) is 5.73 Å². The van der Waals surface area contributed by atoms with Crippen molar-refractivity contribution in [1.82, 2.24) is 9.38 Å². The summed E-state index contributed by atoms with van der Waals surface area (Å²) in [6.45, 7) is 0.338. The first-order valence-electron chi connectivity index (χ1n) is 4.11. The average molecular weight is 191 g/mol. The summed E-state index contributed by atoms with van der Waals surface area (Å²) in [4.78, 5) is 14.8. The molecule has 5 heteroatoms. The van der Waals surface area contributed by atoms with Crippen LogP contribution >= 0.6 is 0 Å². The topological polar surface area (TPSA) is 80.6 Å². The number of aromatic carboxylic acids is 1. The lowest BCUT2D eigenvalue weighted by atomic mass is 10.3. The molecule has 0 radical (unpaired) electrons. The maximum absolute atomic E-state index is 10.7. The van der Waals surface area contributed by atoms with Crippen molar-refractivity contribution in [3.8, 4) is 0 Å². The fourth-order valence-corrected chi connectivity index (χ4v) is 1.31. The molecule has 0 saturated carbocycles. The monoisotopic (exact) mass is 191 g/mol. The van der Waals surface area contributed by atoms with Crippen LogP contribution < -0.4 is 5.73 Å². The number of nitrogens with two attached hydrogens (primary N) is 1. The SMILES string of the molecule is NCc1cnc2ccc(C(=O)O)cn12. The second-order valence-corrected chi connectivity index (χ2v) is 2.90. The molecule has 72 valence electrons. The molecule has 0 aliphatic rings. The molecule has 0 atom stereocenters. The summed E-state index contributed by atoms with van der Waals surface area (Å²) >= 11 is 0. The molecule has 0 aliphatic heterocycles. The van der Waals surface area contributed by atoms with Gasteiger partial charge in [0.2, 0.25) is 0 Å². The van der Waals surface area contributed by atoms with Gasteiger partial charge in [-0.2, -0.15) is 0 Å². The van der Waals surface area contributed by atoms with Crippen molar-refractivity contribution in [2.45, 2.75) is 6.54 Å². The van der Waals surface area contributed by atoms with Crippen molar-refractivity contribution < 1.29 is 9.90 Å². The van der Waals surface area contributed by atoms with Crippen LogP contribution in [-0.4, -0.2) is 20.5 Å². The number of carboxylic acids is 1. The van der Waals surface area contributed by atoms with Gasteiger partial charge in [0, 0.05) is 12.7 Å². The molecule has 2 heterocycles. The number of imidazole rings is 1. The van der Waals surface area contributed by atoms with E-state index >= 15 is 0 Å². The minimum Gasteiger partial charge on any atom is -0.478 e. The smallest absolute Gasteiger partial charge is 0.337 e. The van der Waals surface area contributed by atoms with E-state index < -0.39 is 5.97 Å². The highest BCUT2D eigenvalue weighted by Gasteiger charge is 2.06. The molecule has 0 bridgehead atoms. The van der Waals surface area contributed by atoms with Crippen molar-refractivity contribution in [3.63, 3.8) is 0 Å². The Morgan fingerprint density at radius 3 is 3.00 bits per heavy atom. The summed E-state index contributed by atoms with van der Waals surface area (Å²) in [6, 6.07) is 3.17. The fourth-order valence-electron chi connectivity index (χ4n) is 1.31. The van der Waals surface area contributed by atoms with E-state index in [1.807, 2.05) is 0 Å². The van der Waals surface area contributed by atoms with Crippen molar-refractivity contribution in [2.75, 3.05) is 0 Å². The van der Waals surface area contributed by atoms with E-state index in [1.165, 1.54) is 12.3 Å². The molecule has 0 aliphatic carbocycles. The van der Waals surface area contributed by atoms with E-state index in [0.717, 1.165) is 5.69 Å². The molecule has 5 nitrogen and oxygen atoms in total.